The van der Waals surface area contributed by atoms with E-state index < -0.39 is 124 Å². The lowest BCUT2D eigenvalue weighted by Crippen LogP contribution is -2.66. The number of hydrogen-bond donors (Lipinski definition) is 12. The molecule has 0 aromatic carbocycles. The molecule has 17 atom stereocenters. The summed E-state index contributed by atoms with van der Waals surface area (Å²) in [5.41, 5.74) is 0. The second-order valence-electron chi connectivity index (χ2n) is 24.6. The number of carbonyl (C=O) groups is 1. The molecule has 1 amide bonds. The van der Waals surface area contributed by atoms with Gasteiger partial charge in [-0.15, -0.1) is 0 Å². The van der Waals surface area contributed by atoms with Crippen molar-refractivity contribution >= 4 is 5.91 Å². The number of unbranched alkanes of at least 4 members (excludes halogenated alkanes) is 30. The Morgan fingerprint density at radius 2 is 0.770 bits per heavy atom. The Kier molecular flexibility index (Phi) is 45.7. The van der Waals surface area contributed by atoms with E-state index in [9.17, 15) is 61.0 Å². The van der Waals surface area contributed by atoms with Crippen molar-refractivity contribution in [2.24, 2.45) is 0 Å². The molecule has 3 aliphatic rings. The van der Waals surface area contributed by atoms with Gasteiger partial charge in [-0.1, -0.05) is 223 Å². The summed E-state index contributed by atoms with van der Waals surface area (Å²) in [6, 6.07) is -0.996. The largest absolute Gasteiger partial charge is 0.394 e. The van der Waals surface area contributed by atoms with Crippen molar-refractivity contribution in [1.82, 2.24) is 5.32 Å². The molecule has 0 bridgehead atoms. The summed E-state index contributed by atoms with van der Waals surface area (Å²) in [6.45, 7) is 1.70. The van der Waals surface area contributed by atoms with Gasteiger partial charge in [0.1, 0.15) is 73.2 Å². The second kappa shape index (κ2) is 50.3. The molecule has 3 fully saturated rings. The molecule has 19 nitrogen and oxygen atoms in total. The summed E-state index contributed by atoms with van der Waals surface area (Å²) in [6.07, 6.45) is 32.3. The molecule has 0 radical (unpaired) electrons. The monoisotopic (exact) mass is 1240 g/mol. The van der Waals surface area contributed by atoms with Gasteiger partial charge in [0.25, 0.3) is 0 Å². The number of aliphatic hydroxyl groups is 11. The molecule has 3 rings (SSSR count). The van der Waals surface area contributed by atoms with Crippen molar-refractivity contribution < 1.29 is 89.4 Å². The summed E-state index contributed by atoms with van der Waals surface area (Å²) >= 11 is 0. The molecule has 0 aromatic heterocycles. The molecule has 87 heavy (non-hydrogen) atoms. The highest BCUT2D eigenvalue weighted by atomic mass is 16.8. The van der Waals surface area contributed by atoms with Gasteiger partial charge >= 0.3 is 0 Å². The van der Waals surface area contributed by atoms with E-state index in [0.717, 1.165) is 77.0 Å². The fourth-order valence-corrected chi connectivity index (χ4v) is 11.5. The Bertz CT molecular complexity index is 1770. The molecule has 0 saturated carbocycles. The van der Waals surface area contributed by atoms with Crippen LogP contribution in [0.25, 0.3) is 0 Å². The molecule has 3 saturated heterocycles. The van der Waals surface area contributed by atoms with Crippen LogP contribution in [-0.4, -0.2) is 193 Å². The second-order valence-corrected chi connectivity index (χ2v) is 24.6. The van der Waals surface area contributed by atoms with Gasteiger partial charge in [-0.3, -0.25) is 4.79 Å². The van der Waals surface area contributed by atoms with Crippen LogP contribution in [0.5, 0.6) is 0 Å². The van der Waals surface area contributed by atoms with E-state index in [4.69, 9.17) is 28.4 Å². The van der Waals surface area contributed by atoms with Crippen LogP contribution in [0.3, 0.4) is 0 Å². The van der Waals surface area contributed by atoms with Gasteiger partial charge in [0.05, 0.1) is 38.6 Å². The van der Waals surface area contributed by atoms with Crippen LogP contribution in [0.4, 0.5) is 0 Å². The summed E-state index contributed by atoms with van der Waals surface area (Å²) in [7, 11) is 0. The minimum atomic E-state index is -1.98. The van der Waals surface area contributed by atoms with Gasteiger partial charge in [0, 0.05) is 6.42 Å². The first-order valence-electron chi connectivity index (χ1n) is 34.4. The van der Waals surface area contributed by atoms with E-state index in [1.54, 1.807) is 6.08 Å². The fraction of sp³-hybridized carbons (Fsp3) is 0.868. The summed E-state index contributed by atoms with van der Waals surface area (Å²) in [5.74, 6) is -0.293. The quantitative estimate of drug-likeness (QED) is 0.0200. The van der Waals surface area contributed by atoms with Crippen molar-refractivity contribution in [2.45, 2.75) is 349 Å². The van der Waals surface area contributed by atoms with Crippen molar-refractivity contribution in [1.29, 1.82) is 0 Å². The number of rotatable bonds is 52. The van der Waals surface area contributed by atoms with E-state index in [2.05, 4.69) is 55.6 Å². The molecule has 0 spiro atoms. The number of allylic oxidation sites excluding steroid dienone is 7. The predicted octanol–water partition coefficient (Wildman–Crippen LogP) is 8.61. The molecule has 3 heterocycles. The molecule has 17 unspecified atom stereocenters. The smallest absolute Gasteiger partial charge is 0.220 e. The van der Waals surface area contributed by atoms with Crippen molar-refractivity contribution in [3.8, 4) is 0 Å². The fourth-order valence-electron chi connectivity index (χ4n) is 11.5. The zero-order valence-corrected chi connectivity index (χ0v) is 53.5. The standard InChI is InChI=1S/C68H123NO18/c1-3-5-7-9-11-13-15-17-19-21-23-24-25-26-27-28-29-31-33-35-37-39-41-43-45-52(73)51(69-56(74)46-44-42-40-38-36-34-32-30-22-20-18-16-14-12-10-8-6-4-2)50-82-66-62(80)59(77)64(54(48-71)84-66)87-68-63(81)60(78)65(55(49-72)85-68)86-67-61(79)58(76)57(75)53(47-70)83-67/h14,16,20,22,35,37,43,45,51-55,57-68,70-73,75-81H,3-13,15,17-19,21,23-34,36,38-42,44,46-50H2,1-2H3,(H,69,74)/b16-14-,22-20-,37-35+,45-43+. The third-order valence-corrected chi connectivity index (χ3v) is 17.1. The Morgan fingerprint density at radius 1 is 0.414 bits per heavy atom. The van der Waals surface area contributed by atoms with Crippen molar-refractivity contribution in [3.63, 3.8) is 0 Å². The van der Waals surface area contributed by atoms with Crippen LogP contribution >= 0.6 is 0 Å². The number of aliphatic hydroxyl groups excluding tert-OH is 11. The maximum absolute atomic E-state index is 13.4. The molecule has 0 aromatic rings. The summed E-state index contributed by atoms with van der Waals surface area (Å²) in [4.78, 5) is 13.4. The average Bonchev–Trinajstić information content (AvgIpc) is 2.36. The van der Waals surface area contributed by atoms with Gasteiger partial charge < -0.3 is 89.9 Å². The molecule has 3 aliphatic heterocycles. The maximum atomic E-state index is 13.4. The molecule has 508 valence electrons. The van der Waals surface area contributed by atoms with Gasteiger partial charge in [0.15, 0.2) is 18.9 Å². The molecule has 19 heteroatoms. The highest BCUT2D eigenvalue weighted by Gasteiger charge is 2.53. The SMILES string of the molecule is CCCCCC/C=C\C/C=C\CCCCCCCCCC(=O)NC(COC1OC(CO)C(OC2OC(CO)C(OC3OC(CO)C(O)C(O)C3O)C(O)C2O)C(O)C1O)C(O)/C=C/CC/C=C/CCCCCCCCCCCCCCCCCCCC. The Morgan fingerprint density at radius 3 is 1.23 bits per heavy atom. The normalized spacial score (nSPS) is 28.9. The molecule has 12 N–H and O–H groups in total. The summed E-state index contributed by atoms with van der Waals surface area (Å²) in [5, 5.41) is 120. The van der Waals surface area contributed by atoms with E-state index in [1.165, 1.54) is 135 Å². The summed E-state index contributed by atoms with van der Waals surface area (Å²) < 4.78 is 34.3. The third kappa shape index (κ3) is 32.7. The Balaban J connectivity index is 1.46. The van der Waals surface area contributed by atoms with Crippen LogP contribution in [0, 0.1) is 0 Å². The minimum Gasteiger partial charge on any atom is -0.394 e. The Hall–Kier alpha value is -2.25. The Labute approximate surface area is 523 Å². The highest BCUT2D eigenvalue weighted by molar-refractivity contribution is 5.76. The topological polar surface area (TPSA) is 307 Å². The van der Waals surface area contributed by atoms with Crippen molar-refractivity contribution in [3.05, 3.63) is 48.6 Å². The van der Waals surface area contributed by atoms with Gasteiger partial charge in [-0.05, 0) is 64.2 Å². The maximum Gasteiger partial charge on any atom is 0.220 e. The van der Waals surface area contributed by atoms with Crippen LogP contribution in [0.15, 0.2) is 48.6 Å². The minimum absolute atomic E-state index is 0.226. The predicted molar refractivity (Wildman–Crippen MR) is 337 cm³/mol. The number of hydrogen-bond acceptors (Lipinski definition) is 18. The zero-order chi connectivity index (χ0) is 63.3. The van der Waals surface area contributed by atoms with Gasteiger partial charge in [0.2, 0.25) is 5.91 Å². The lowest BCUT2D eigenvalue weighted by Gasteiger charge is -2.48. The van der Waals surface area contributed by atoms with Crippen LogP contribution in [-0.2, 0) is 33.2 Å². The first-order valence-corrected chi connectivity index (χ1v) is 34.4. The number of nitrogens with one attached hydrogen (secondary N) is 1. The lowest BCUT2D eigenvalue weighted by molar-refractivity contribution is -0.379. The van der Waals surface area contributed by atoms with E-state index in [-0.39, 0.29) is 18.9 Å². The van der Waals surface area contributed by atoms with E-state index in [0.29, 0.717) is 12.8 Å². The lowest BCUT2D eigenvalue weighted by atomic mass is 9.96. The average molecular weight is 1240 g/mol. The van der Waals surface area contributed by atoms with E-state index in [1.807, 2.05) is 6.08 Å². The highest BCUT2D eigenvalue weighted by Crippen LogP contribution is 2.33. The van der Waals surface area contributed by atoms with Crippen LogP contribution in [0.1, 0.15) is 245 Å². The zero-order valence-electron chi connectivity index (χ0n) is 53.5. The number of amides is 1. The van der Waals surface area contributed by atoms with Gasteiger partial charge in [-0.25, -0.2) is 0 Å². The molecular formula is C68H123NO18. The van der Waals surface area contributed by atoms with Crippen LogP contribution in [0.2, 0.25) is 0 Å². The van der Waals surface area contributed by atoms with Crippen molar-refractivity contribution in [2.75, 3.05) is 26.4 Å². The third-order valence-electron chi connectivity index (χ3n) is 17.1. The first-order chi connectivity index (χ1) is 42.3. The van der Waals surface area contributed by atoms with Gasteiger partial charge in [-0.2, -0.15) is 0 Å². The van der Waals surface area contributed by atoms with E-state index >= 15 is 0 Å². The van der Waals surface area contributed by atoms with Crippen LogP contribution < -0.4 is 5.32 Å². The number of ether oxygens (including phenoxy) is 6. The molecular weight excluding hydrogens is 1120 g/mol. The number of carbonyl (C=O) groups excluding carboxylic acids is 1. The molecule has 0 aliphatic carbocycles. The first kappa shape index (κ1) is 79.0.